The van der Waals surface area contributed by atoms with Crippen molar-refractivity contribution in [3.8, 4) is 10.6 Å². The van der Waals surface area contributed by atoms with Crippen molar-refractivity contribution in [2.24, 2.45) is 0 Å². The summed E-state index contributed by atoms with van der Waals surface area (Å²) in [5.74, 6) is 0.766. The minimum atomic E-state index is -0.723. The number of hydrogen-bond acceptors (Lipinski definition) is 5. The number of rotatable bonds is 9. The molecule has 0 spiro atoms. The average Bonchev–Trinajstić information content (AvgIpc) is 3.27. The molecule has 0 fully saturated rings. The number of carbonyl (C=O) groups excluding carboxylic acids is 1. The lowest BCUT2D eigenvalue weighted by atomic mass is 10.1. The third-order valence-electron chi connectivity index (χ3n) is 4.82. The van der Waals surface area contributed by atoms with Crippen molar-refractivity contribution in [2.45, 2.75) is 33.0 Å². The first-order valence-electron chi connectivity index (χ1n) is 10.2. The fourth-order valence-corrected chi connectivity index (χ4v) is 4.66. The van der Waals surface area contributed by atoms with Gasteiger partial charge in [0.1, 0.15) is 12.4 Å². The Labute approximate surface area is 189 Å². The summed E-state index contributed by atoms with van der Waals surface area (Å²) in [7, 11) is -0.620. The lowest BCUT2D eigenvalue weighted by Gasteiger charge is -2.24. The fourth-order valence-electron chi connectivity index (χ4n) is 3.00. The zero-order valence-electron chi connectivity index (χ0n) is 19.2. The summed E-state index contributed by atoms with van der Waals surface area (Å²) < 4.78 is 8.67. The molecule has 1 amide bonds. The van der Waals surface area contributed by atoms with Gasteiger partial charge in [0, 0.05) is 16.6 Å². The molecule has 1 aromatic carbocycles. The molecule has 6 nitrogen and oxygen atoms in total. The molecule has 170 valence electrons. The number of aliphatic hydroxyl groups excluding tert-OH is 1. The number of aromatic nitrogens is 2. The van der Waals surface area contributed by atoms with Gasteiger partial charge in [-0.15, -0.1) is 11.3 Å². The van der Waals surface area contributed by atoms with Crippen LogP contribution < -0.4 is 5.32 Å². The smallest absolute Gasteiger partial charge is 0.255 e. The van der Waals surface area contributed by atoms with Crippen LogP contribution in [0.5, 0.6) is 0 Å². The van der Waals surface area contributed by atoms with Gasteiger partial charge in [0.05, 0.1) is 29.2 Å². The summed E-state index contributed by atoms with van der Waals surface area (Å²) in [6.45, 7) is 6.45. The quantitative estimate of drug-likeness (QED) is 0.465. The van der Waals surface area contributed by atoms with E-state index >= 15 is 0 Å². The van der Waals surface area contributed by atoms with Crippen molar-refractivity contribution in [1.82, 2.24) is 15.1 Å². The van der Waals surface area contributed by atoms with Gasteiger partial charge < -0.3 is 15.2 Å². The molecule has 3 aromatic rings. The number of nitrogens with one attached hydrogen (secondary N) is 1. The molecule has 0 saturated heterocycles. The number of aryl methyl sites for hydroxylation is 1. The maximum absolute atomic E-state index is 13.0. The molecule has 2 N–H and O–H groups in total. The number of aliphatic hydroxyl groups is 1. The van der Waals surface area contributed by atoms with Crippen molar-refractivity contribution in [1.29, 1.82) is 0 Å². The third-order valence-corrected chi connectivity index (χ3v) is 7.34. The second-order valence-electron chi connectivity index (χ2n) is 9.41. The van der Waals surface area contributed by atoms with E-state index in [0.717, 1.165) is 20.7 Å². The fraction of sp³-hybridized carbons (Fsp3) is 0.478. The van der Waals surface area contributed by atoms with E-state index < -0.39 is 15.6 Å². The van der Waals surface area contributed by atoms with E-state index in [1.54, 1.807) is 36.1 Å². The van der Waals surface area contributed by atoms with E-state index in [-0.39, 0.29) is 12.5 Å². The second-order valence-corrected chi connectivity index (χ2v) is 15.1. The van der Waals surface area contributed by atoms with Crippen molar-refractivity contribution < 1.29 is 14.6 Å². The number of nitrogens with zero attached hydrogens (tertiary/aromatic N) is 2. The first-order chi connectivity index (χ1) is 14.5. The Morgan fingerprint density at radius 2 is 2.03 bits per heavy atom. The van der Waals surface area contributed by atoms with Crippen molar-refractivity contribution >= 4 is 37.4 Å². The Hall–Kier alpha value is -1.87. The van der Waals surface area contributed by atoms with Crippen LogP contribution in [0.3, 0.4) is 0 Å². The second kappa shape index (κ2) is 9.32. The standard InChI is InChI=1S/C23H33N3O3S2/c1-16-7-8-19-17(11-16)12-20(30-19)21-18(22(28)24-23(2,3)14-27)13-26(25-21)15-29-9-10-31(4,5)6/h7-8,11-13,27H,9-10,14-15H2,1-6H3,(H,24,28). The predicted molar refractivity (Wildman–Crippen MR) is 133 cm³/mol. The Morgan fingerprint density at radius 1 is 1.29 bits per heavy atom. The number of ether oxygens (including phenoxy) is 1. The average molecular weight is 464 g/mol. The van der Waals surface area contributed by atoms with Crippen LogP contribution in [0.4, 0.5) is 0 Å². The molecular weight excluding hydrogens is 430 g/mol. The number of thiophene rings is 1. The minimum absolute atomic E-state index is 0.150. The lowest BCUT2D eigenvalue weighted by molar-refractivity contribution is 0.0806. The van der Waals surface area contributed by atoms with Crippen LogP contribution in [0, 0.1) is 6.92 Å². The molecule has 3 rings (SSSR count). The Balaban J connectivity index is 1.90. The maximum atomic E-state index is 13.0. The summed E-state index contributed by atoms with van der Waals surface area (Å²) in [6.07, 6.45) is 8.52. The van der Waals surface area contributed by atoms with Gasteiger partial charge in [-0.05, 0) is 57.1 Å². The highest BCUT2D eigenvalue weighted by atomic mass is 32.3. The van der Waals surface area contributed by atoms with Gasteiger partial charge in [-0.2, -0.15) is 5.10 Å². The van der Waals surface area contributed by atoms with E-state index in [1.165, 1.54) is 5.56 Å². The van der Waals surface area contributed by atoms with E-state index in [9.17, 15) is 9.90 Å². The van der Waals surface area contributed by atoms with Crippen LogP contribution in [0.15, 0.2) is 30.5 Å². The number of carbonyl (C=O) groups is 1. The van der Waals surface area contributed by atoms with Crippen molar-refractivity contribution in [3.63, 3.8) is 0 Å². The van der Waals surface area contributed by atoms with Gasteiger partial charge in [0.2, 0.25) is 0 Å². The highest BCUT2D eigenvalue weighted by molar-refractivity contribution is 8.32. The molecule has 8 heteroatoms. The minimum Gasteiger partial charge on any atom is -0.394 e. The molecule has 0 aliphatic carbocycles. The van der Waals surface area contributed by atoms with Crippen LogP contribution in [-0.4, -0.2) is 64.1 Å². The predicted octanol–water partition coefficient (Wildman–Crippen LogP) is 4.24. The van der Waals surface area contributed by atoms with Crippen molar-refractivity contribution in [3.05, 3.63) is 41.6 Å². The summed E-state index contributed by atoms with van der Waals surface area (Å²) in [6, 6.07) is 8.41. The zero-order chi connectivity index (χ0) is 22.8. The van der Waals surface area contributed by atoms with Crippen LogP contribution in [0.1, 0.15) is 29.8 Å². The topological polar surface area (TPSA) is 76.4 Å². The molecule has 31 heavy (non-hydrogen) atoms. The molecular formula is C23H33N3O3S2. The van der Waals surface area contributed by atoms with E-state index in [2.05, 4.69) is 55.3 Å². The SMILES string of the molecule is Cc1ccc2sc(-c3nn(COCCS(C)(C)C)cc3C(=O)NC(C)(C)CO)cc2c1. The number of fused-ring (bicyclic) bond motifs is 1. The zero-order valence-corrected chi connectivity index (χ0v) is 20.8. The first-order valence-corrected chi connectivity index (χ1v) is 14.1. The number of hydrogen-bond donors (Lipinski definition) is 2. The monoisotopic (exact) mass is 463 g/mol. The maximum Gasteiger partial charge on any atom is 0.255 e. The summed E-state index contributed by atoms with van der Waals surface area (Å²) in [5, 5.41) is 18.3. The largest absolute Gasteiger partial charge is 0.394 e. The van der Waals surface area contributed by atoms with Crippen LogP contribution in [0.2, 0.25) is 0 Å². The molecule has 0 radical (unpaired) electrons. The van der Waals surface area contributed by atoms with E-state index in [0.29, 0.717) is 24.6 Å². The van der Waals surface area contributed by atoms with Crippen molar-refractivity contribution in [2.75, 3.05) is 37.7 Å². The molecule has 2 aromatic heterocycles. The van der Waals surface area contributed by atoms with E-state index in [4.69, 9.17) is 9.84 Å². The Kier molecular flexibility index (Phi) is 7.15. The molecule has 0 aliphatic heterocycles. The molecule has 0 aliphatic rings. The molecule has 0 bridgehead atoms. The third kappa shape index (κ3) is 6.32. The highest BCUT2D eigenvalue weighted by Crippen LogP contribution is 2.35. The van der Waals surface area contributed by atoms with Gasteiger partial charge in [0.25, 0.3) is 5.91 Å². The van der Waals surface area contributed by atoms with Gasteiger partial charge in [-0.1, -0.05) is 17.7 Å². The molecule has 0 unspecified atom stereocenters. The first kappa shape index (κ1) is 23.8. The van der Waals surface area contributed by atoms with Gasteiger partial charge in [0.15, 0.2) is 0 Å². The normalized spacial score (nSPS) is 13.0. The molecule has 0 saturated carbocycles. The summed E-state index contributed by atoms with van der Waals surface area (Å²) in [5.41, 5.74) is 1.59. The molecule has 2 heterocycles. The summed E-state index contributed by atoms with van der Waals surface area (Å²) >= 11 is 1.62. The van der Waals surface area contributed by atoms with Crippen LogP contribution in [0.25, 0.3) is 20.7 Å². The highest BCUT2D eigenvalue weighted by Gasteiger charge is 2.25. The molecule has 0 atom stereocenters. The van der Waals surface area contributed by atoms with E-state index in [1.807, 2.05) is 0 Å². The van der Waals surface area contributed by atoms with Gasteiger partial charge in [-0.25, -0.2) is 14.7 Å². The van der Waals surface area contributed by atoms with Gasteiger partial charge >= 0.3 is 0 Å². The number of benzene rings is 1. The van der Waals surface area contributed by atoms with Crippen LogP contribution in [-0.2, 0) is 11.5 Å². The number of amides is 1. The van der Waals surface area contributed by atoms with Gasteiger partial charge in [-0.3, -0.25) is 4.79 Å². The Morgan fingerprint density at radius 3 is 2.71 bits per heavy atom. The Bertz CT molecular complexity index is 1060. The van der Waals surface area contributed by atoms with Crippen LogP contribution >= 0.6 is 21.4 Å². The summed E-state index contributed by atoms with van der Waals surface area (Å²) in [4.78, 5) is 14.0. The lowest BCUT2D eigenvalue weighted by Crippen LogP contribution is -2.46.